The normalized spacial score (nSPS) is 15.4. The number of imidazole rings is 1. The zero-order valence-corrected chi connectivity index (χ0v) is 21.1. The van der Waals surface area contributed by atoms with Crippen LogP contribution >= 0.6 is 0 Å². The third kappa shape index (κ3) is 4.10. The molecular formula is C26H26FN9O2. The molecule has 0 bridgehead atoms. The summed E-state index contributed by atoms with van der Waals surface area (Å²) in [6.07, 6.45) is 3.87. The first-order valence-corrected chi connectivity index (χ1v) is 12.4. The lowest BCUT2D eigenvalue weighted by Gasteiger charge is -2.31. The van der Waals surface area contributed by atoms with Gasteiger partial charge in [0.1, 0.15) is 11.6 Å². The van der Waals surface area contributed by atoms with Gasteiger partial charge in [0, 0.05) is 69.7 Å². The predicted octanol–water partition coefficient (Wildman–Crippen LogP) is 2.75. The van der Waals surface area contributed by atoms with Gasteiger partial charge < -0.3 is 24.7 Å². The highest BCUT2D eigenvalue weighted by Gasteiger charge is 2.26. The second-order valence-electron chi connectivity index (χ2n) is 9.49. The smallest absolute Gasteiger partial charge is 0.288 e. The van der Waals surface area contributed by atoms with Crippen LogP contribution in [0.4, 0.5) is 16.2 Å². The molecule has 0 radical (unpaired) electrons. The van der Waals surface area contributed by atoms with Gasteiger partial charge in [0.15, 0.2) is 5.69 Å². The number of ether oxygens (including phenoxy) is 1. The molecule has 0 spiro atoms. The van der Waals surface area contributed by atoms with Crippen molar-refractivity contribution in [2.45, 2.75) is 13.0 Å². The van der Waals surface area contributed by atoms with E-state index in [0.29, 0.717) is 66.0 Å². The van der Waals surface area contributed by atoms with Crippen molar-refractivity contribution in [2.75, 3.05) is 45.2 Å². The molecule has 0 saturated carbocycles. The molecule has 4 aromatic rings. The number of amides is 1. The Labute approximate surface area is 218 Å². The van der Waals surface area contributed by atoms with Crippen molar-refractivity contribution in [3.63, 3.8) is 0 Å². The fraction of sp³-hybridized carbons (Fsp3) is 0.346. The van der Waals surface area contributed by atoms with Gasteiger partial charge in [-0.2, -0.15) is 5.10 Å². The zero-order chi connectivity index (χ0) is 26.4. The lowest BCUT2D eigenvalue weighted by atomic mass is 10.0. The average Bonchev–Trinajstić information content (AvgIpc) is 3.66. The van der Waals surface area contributed by atoms with E-state index in [1.807, 2.05) is 11.9 Å². The summed E-state index contributed by atoms with van der Waals surface area (Å²) in [7, 11) is 3.80. The van der Waals surface area contributed by atoms with E-state index in [4.69, 9.17) is 11.3 Å². The Kier molecular flexibility index (Phi) is 5.92. The summed E-state index contributed by atoms with van der Waals surface area (Å²) in [6.45, 7) is 11.1. The van der Waals surface area contributed by atoms with Crippen LogP contribution in [0.1, 0.15) is 21.6 Å². The summed E-state index contributed by atoms with van der Waals surface area (Å²) < 4.78 is 23.5. The maximum atomic E-state index is 14.7. The van der Waals surface area contributed by atoms with Crippen molar-refractivity contribution in [3.8, 4) is 17.0 Å². The largest absolute Gasteiger partial charge is 0.493 e. The third-order valence-corrected chi connectivity index (χ3v) is 7.12. The number of carbonyl (C=O) groups excluding carboxylic acids is 1. The van der Waals surface area contributed by atoms with Crippen LogP contribution in [-0.4, -0.2) is 79.7 Å². The highest BCUT2D eigenvalue weighted by atomic mass is 19.1. The van der Waals surface area contributed by atoms with E-state index >= 15 is 0 Å². The molecule has 1 fully saturated rings. The van der Waals surface area contributed by atoms with Gasteiger partial charge in [-0.3, -0.25) is 13.9 Å². The molecule has 5 heterocycles. The van der Waals surface area contributed by atoms with Gasteiger partial charge in [-0.05, 0) is 25.2 Å². The number of piperazine rings is 1. The summed E-state index contributed by atoms with van der Waals surface area (Å²) >= 11 is 0. The Morgan fingerprint density at radius 2 is 2.05 bits per heavy atom. The van der Waals surface area contributed by atoms with E-state index in [2.05, 4.69) is 30.1 Å². The van der Waals surface area contributed by atoms with Gasteiger partial charge in [0.25, 0.3) is 11.7 Å². The summed E-state index contributed by atoms with van der Waals surface area (Å²) in [5, 5.41) is 7.68. The fourth-order valence-corrected chi connectivity index (χ4v) is 5.00. The molecule has 12 heteroatoms. The van der Waals surface area contributed by atoms with Crippen molar-refractivity contribution < 1.29 is 13.9 Å². The molecule has 0 aliphatic carbocycles. The minimum Gasteiger partial charge on any atom is -0.493 e. The molecule has 194 valence electrons. The van der Waals surface area contributed by atoms with E-state index in [1.165, 1.54) is 6.07 Å². The SMILES string of the molecule is [C-]#[N+]c1cn2c(NCc3c(F)ccc4c3CCO4)ncc(-c3cc(C(=O)N4CCN(C)CC4)nn3C)c2n1. The van der Waals surface area contributed by atoms with Crippen LogP contribution in [0.2, 0.25) is 0 Å². The first-order valence-electron chi connectivity index (χ1n) is 12.4. The lowest BCUT2D eigenvalue weighted by Crippen LogP contribution is -2.47. The van der Waals surface area contributed by atoms with Crippen molar-refractivity contribution in [3.05, 3.63) is 64.6 Å². The Morgan fingerprint density at radius 3 is 2.84 bits per heavy atom. The number of benzene rings is 1. The quantitative estimate of drug-likeness (QED) is 0.408. The molecule has 0 unspecified atom stereocenters. The van der Waals surface area contributed by atoms with Gasteiger partial charge >= 0.3 is 0 Å². The van der Waals surface area contributed by atoms with Crippen molar-refractivity contribution >= 4 is 23.3 Å². The lowest BCUT2D eigenvalue weighted by molar-refractivity contribution is 0.0657. The topological polar surface area (TPSA) is 97.2 Å². The number of hydrogen-bond donors (Lipinski definition) is 1. The van der Waals surface area contributed by atoms with Crippen LogP contribution in [0.15, 0.2) is 30.6 Å². The molecule has 38 heavy (non-hydrogen) atoms. The standard InChI is InChI=1S/C26H26FN9O2/c1-28-23-15-36-24(31-23)18(21-12-20(32-34(21)3)25(37)35-9-7-33(2)8-10-35)14-30-26(36)29-13-17-16-6-11-38-22(16)5-4-19(17)27/h4-5,12,14-15H,6-11,13H2,2-3H3,(H,29,30). The highest BCUT2D eigenvalue weighted by molar-refractivity contribution is 5.94. The summed E-state index contributed by atoms with van der Waals surface area (Å²) in [4.78, 5) is 29.6. The second kappa shape index (κ2) is 9.42. The minimum atomic E-state index is -0.311. The number of aryl methyl sites for hydroxylation is 1. The highest BCUT2D eigenvalue weighted by Crippen LogP contribution is 2.32. The summed E-state index contributed by atoms with van der Waals surface area (Å²) in [5.74, 6) is 0.882. The maximum absolute atomic E-state index is 14.7. The molecule has 0 atom stereocenters. The molecule has 1 saturated heterocycles. The molecular weight excluding hydrogens is 489 g/mol. The molecule has 1 N–H and O–H groups in total. The Bertz CT molecular complexity index is 1590. The molecule has 6 rings (SSSR count). The van der Waals surface area contributed by atoms with Crippen LogP contribution in [-0.2, 0) is 20.0 Å². The molecule has 11 nitrogen and oxygen atoms in total. The summed E-state index contributed by atoms with van der Waals surface area (Å²) in [5.41, 5.74) is 3.49. The number of hydrogen-bond acceptors (Lipinski definition) is 7. The van der Waals surface area contributed by atoms with Crippen LogP contribution in [0.3, 0.4) is 0 Å². The number of nitrogens with one attached hydrogen (secondary N) is 1. The van der Waals surface area contributed by atoms with Crippen LogP contribution < -0.4 is 10.1 Å². The first-order chi connectivity index (χ1) is 18.4. The van der Waals surface area contributed by atoms with Gasteiger partial charge in [-0.15, -0.1) is 0 Å². The number of fused-ring (bicyclic) bond motifs is 2. The second-order valence-corrected chi connectivity index (χ2v) is 9.49. The number of anilines is 1. The van der Waals surface area contributed by atoms with E-state index in [0.717, 1.165) is 18.7 Å². The number of aromatic nitrogens is 5. The predicted molar refractivity (Wildman–Crippen MR) is 138 cm³/mol. The number of halogens is 1. The molecule has 1 aromatic carbocycles. The number of carbonyl (C=O) groups is 1. The van der Waals surface area contributed by atoms with E-state index in [9.17, 15) is 9.18 Å². The van der Waals surface area contributed by atoms with Crippen LogP contribution in [0.25, 0.3) is 21.7 Å². The summed E-state index contributed by atoms with van der Waals surface area (Å²) in [6, 6.07) is 4.80. The van der Waals surface area contributed by atoms with E-state index < -0.39 is 0 Å². The van der Waals surface area contributed by atoms with Gasteiger partial charge in [-0.1, -0.05) is 11.6 Å². The van der Waals surface area contributed by atoms with Crippen molar-refractivity contribution in [2.24, 2.45) is 7.05 Å². The molecule has 2 aliphatic rings. The van der Waals surface area contributed by atoms with Crippen molar-refractivity contribution in [1.82, 2.24) is 33.9 Å². The van der Waals surface area contributed by atoms with E-state index in [1.54, 1.807) is 40.7 Å². The Morgan fingerprint density at radius 1 is 1.24 bits per heavy atom. The first kappa shape index (κ1) is 23.9. The van der Waals surface area contributed by atoms with Crippen LogP contribution in [0, 0.1) is 12.4 Å². The monoisotopic (exact) mass is 515 g/mol. The average molecular weight is 516 g/mol. The molecule has 2 aliphatic heterocycles. The Balaban J connectivity index is 1.33. The van der Waals surface area contributed by atoms with Crippen molar-refractivity contribution in [1.29, 1.82) is 0 Å². The molecule has 3 aromatic heterocycles. The Hall–Kier alpha value is -4.50. The van der Waals surface area contributed by atoms with Gasteiger partial charge in [-0.25, -0.2) is 9.37 Å². The van der Waals surface area contributed by atoms with Crippen LogP contribution in [0.5, 0.6) is 5.75 Å². The third-order valence-electron chi connectivity index (χ3n) is 7.12. The number of nitrogens with zero attached hydrogens (tertiary/aromatic N) is 8. The fourth-order valence-electron chi connectivity index (χ4n) is 5.00. The number of rotatable bonds is 5. The van der Waals surface area contributed by atoms with Gasteiger partial charge in [0.05, 0.1) is 17.9 Å². The number of likely N-dealkylation sites (N-methyl/N-ethyl adjacent to an activating group) is 1. The minimum absolute atomic E-state index is 0.117. The maximum Gasteiger partial charge on any atom is 0.288 e. The molecule has 1 amide bonds. The van der Waals surface area contributed by atoms with Gasteiger partial charge in [0.2, 0.25) is 11.6 Å². The van der Waals surface area contributed by atoms with E-state index in [-0.39, 0.29) is 24.1 Å². The zero-order valence-electron chi connectivity index (χ0n) is 21.1.